The average Bonchev–Trinajstić information content (AvgIpc) is 3.51. The average molecular weight is 736 g/mol. The number of hydrogen-bond acceptors (Lipinski definition) is 6. The van der Waals surface area contributed by atoms with Crippen molar-refractivity contribution in [3.63, 3.8) is 0 Å². The topological polar surface area (TPSA) is 104 Å². The summed E-state index contributed by atoms with van der Waals surface area (Å²) in [4.78, 5) is 18.5. The van der Waals surface area contributed by atoms with Gasteiger partial charge in [0.1, 0.15) is 24.6 Å². The Hall–Kier alpha value is -2.83. The lowest BCUT2D eigenvalue weighted by atomic mass is 10.1. The Kier molecular flexibility index (Phi) is 12.1. The number of nitrogens with zero attached hydrogens (tertiary/aromatic N) is 3. The Balaban J connectivity index is 1.78. The number of methoxy groups -OCH3 is 1. The number of urea groups is 1. The molecule has 9 nitrogen and oxygen atoms in total. The number of amides is 2. The lowest BCUT2D eigenvalue weighted by molar-refractivity contribution is -0.161. The van der Waals surface area contributed by atoms with Gasteiger partial charge in [0.2, 0.25) is 0 Å². The van der Waals surface area contributed by atoms with Crippen molar-refractivity contribution in [2.75, 3.05) is 20.3 Å². The molecule has 0 saturated carbocycles. The Morgan fingerprint density at radius 1 is 1.10 bits per heavy atom. The van der Waals surface area contributed by atoms with Crippen LogP contribution >= 0.6 is 0 Å². The third-order valence-electron chi connectivity index (χ3n) is 8.22. The minimum Gasteiger partial charge on any atom is -0.593 e. The van der Waals surface area contributed by atoms with Crippen LogP contribution in [0.2, 0.25) is 25.7 Å². The maximum atomic E-state index is 13.9. The third-order valence-corrected chi connectivity index (χ3v) is 11.4. The van der Waals surface area contributed by atoms with Crippen LogP contribution in [-0.4, -0.2) is 77.9 Å². The fourth-order valence-electron chi connectivity index (χ4n) is 5.82. The molecule has 0 aliphatic carbocycles. The van der Waals surface area contributed by atoms with E-state index in [4.69, 9.17) is 14.5 Å². The first-order valence-electron chi connectivity index (χ1n) is 15.7. The SMILES string of the molecule is COC(CC(F)(F)F)C(N[S+]([O-])c1c(C)cc(C)cc1C)c1nc2cc(CN3C[C@@H](C(F)(F)F)NC3=O)ccc2n1COCC[Si](C)(C)C. The summed E-state index contributed by atoms with van der Waals surface area (Å²) >= 11 is -2.00. The molecule has 0 radical (unpaired) electrons. The van der Waals surface area contributed by atoms with Crippen LogP contribution in [0.4, 0.5) is 31.1 Å². The van der Waals surface area contributed by atoms with Gasteiger partial charge in [-0.25, -0.2) is 9.78 Å². The van der Waals surface area contributed by atoms with E-state index in [-0.39, 0.29) is 19.1 Å². The molecule has 1 aliphatic rings. The summed E-state index contributed by atoms with van der Waals surface area (Å²) in [7, 11) is -0.356. The quantitative estimate of drug-likeness (QED) is 0.0797. The van der Waals surface area contributed by atoms with Gasteiger partial charge in [-0.05, 0) is 44.5 Å². The predicted octanol–water partition coefficient (Wildman–Crippen LogP) is 7.05. The molecular formula is C32H43F6N5O4SSi. The number of halogens is 6. The lowest BCUT2D eigenvalue weighted by Gasteiger charge is -2.28. The molecule has 2 N–H and O–H groups in total. The Labute approximate surface area is 286 Å². The van der Waals surface area contributed by atoms with Crippen molar-refractivity contribution < 1.29 is 45.2 Å². The zero-order valence-electron chi connectivity index (χ0n) is 28.5. The molecule has 1 aromatic heterocycles. The van der Waals surface area contributed by atoms with Crippen molar-refractivity contribution in [3.8, 4) is 0 Å². The Bertz CT molecular complexity index is 1610. The largest absolute Gasteiger partial charge is 0.593 e. The standard InChI is InChI=1S/C32H43F6N5O4SSi/c1-19-12-20(2)28(21(3)13-19)48(45)41-27(25(46-4)15-31(33,34)35)29-39-23-14-22(16-42-17-26(32(36,37)38)40-30(42)44)8-9-24(23)43(29)18-47-10-11-49(5,6)7/h8-9,12-14,25-27,41H,10-11,15-18H2,1-7H3,(H,40,44)/t25?,26-,27?,48?/m0/s1. The molecule has 0 spiro atoms. The van der Waals surface area contributed by atoms with Crippen LogP contribution in [0, 0.1) is 20.8 Å². The molecule has 4 atom stereocenters. The number of aromatic nitrogens is 2. The van der Waals surface area contributed by atoms with Crippen LogP contribution in [0.15, 0.2) is 35.2 Å². The molecule has 2 aromatic carbocycles. The Morgan fingerprint density at radius 2 is 1.76 bits per heavy atom. The minimum atomic E-state index is -4.64. The fraction of sp³-hybridized carbons (Fsp3) is 0.562. The van der Waals surface area contributed by atoms with Gasteiger partial charge in [0.15, 0.2) is 4.90 Å². The molecule has 3 aromatic rings. The highest BCUT2D eigenvalue weighted by molar-refractivity contribution is 7.89. The van der Waals surface area contributed by atoms with Gasteiger partial charge >= 0.3 is 18.4 Å². The van der Waals surface area contributed by atoms with Gasteiger partial charge in [-0.1, -0.05) is 43.4 Å². The van der Waals surface area contributed by atoms with Crippen LogP contribution in [0.3, 0.4) is 0 Å². The van der Waals surface area contributed by atoms with E-state index in [9.17, 15) is 35.7 Å². The van der Waals surface area contributed by atoms with Crippen molar-refractivity contribution in [3.05, 3.63) is 58.4 Å². The van der Waals surface area contributed by atoms with E-state index in [0.29, 0.717) is 39.2 Å². The summed E-state index contributed by atoms with van der Waals surface area (Å²) in [6.45, 7) is 11.5. The minimum absolute atomic E-state index is 0.0723. The highest BCUT2D eigenvalue weighted by Crippen LogP contribution is 2.34. The second kappa shape index (κ2) is 15.2. The number of carbonyl (C=O) groups excluding carboxylic acids is 1. The molecule has 4 rings (SSSR count). The van der Waals surface area contributed by atoms with E-state index in [2.05, 4.69) is 24.4 Å². The summed E-state index contributed by atoms with van der Waals surface area (Å²) in [6, 6.07) is 5.09. The molecule has 1 saturated heterocycles. The number of alkyl halides is 6. The molecule has 49 heavy (non-hydrogen) atoms. The molecule has 1 fully saturated rings. The molecular weight excluding hydrogens is 693 g/mol. The fourth-order valence-corrected chi connectivity index (χ4v) is 7.89. The number of carbonyl (C=O) groups is 1. The van der Waals surface area contributed by atoms with E-state index >= 15 is 0 Å². The first-order chi connectivity index (χ1) is 22.7. The molecule has 0 bridgehead atoms. The maximum absolute atomic E-state index is 13.9. The van der Waals surface area contributed by atoms with E-state index in [0.717, 1.165) is 23.6 Å². The highest BCUT2D eigenvalue weighted by Gasteiger charge is 2.47. The Morgan fingerprint density at radius 3 is 2.31 bits per heavy atom. The summed E-state index contributed by atoms with van der Waals surface area (Å²) in [5.41, 5.74) is 3.55. The number of hydrogen-bond donors (Lipinski definition) is 2. The number of imidazole rings is 1. The van der Waals surface area contributed by atoms with Gasteiger partial charge in [0, 0.05) is 39.5 Å². The summed E-state index contributed by atoms with van der Waals surface area (Å²) in [5, 5.41) is 1.93. The normalized spacial score (nSPS) is 17.9. The van der Waals surface area contributed by atoms with Gasteiger partial charge in [-0.3, -0.25) is 0 Å². The van der Waals surface area contributed by atoms with Crippen LogP contribution in [0.1, 0.15) is 40.5 Å². The van der Waals surface area contributed by atoms with Crippen molar-refractivity contribution >= 4 is 36.5 Å². The summed E-state index contributed by atoms with van der Waals surface area (Å²) < 4.78 is 111. The summed E-state index contributed by atoms with van der Waals surface area (Å²) in [5.74, 6) is 0.0723. The maximum Gasteiger partial charge on any atom is 0.410 e. The predicted molar refractivity (Wildman–Crippen MR) is 177 cm³/mol. The van der Waals surface area contributed by atoms with E-state index in [1.54, 1.807) is 36.6 Å². The zero-order chi connectivity index (χ0) is 36.5. The van der Waals surface area contributed by atoms with Gasteiger partial charge in [0.25, 0.3) is 0 Å². The van der Waals surface area contributed by atoms with Gasteiger partial charge < -0.3 is 28.8 Å². The molecule has 272 valence electrons. The first-order valence-corrected chi connectivity index (χ1v) is 20.6. The van der Waals surface area contributed by atoms with Crippen molar-refractivity contribution in [1.29, 1.82) is 0 Å². The monoisotopic (exact) mass is 735 g/mol. The van der Waals surface area contributed by atoms with Crippen LogP contribution < -0.4 is 10.0 Å². The summed E-state index contributed by atoms with van der Waals surface area (Å²) in [6.07, 6.45) is -12.2. The number of rotatable bonds is 14. The number of benzene rings is 2. The molecule has 3 unspecified atom stereocenters. The van der Waals surface area contributed by atoms with Crippen molar-refractivity contribution in [2.24, 2.45) is 0 Å². The molecule has 2 amide bonds. The van der Waals surface area contributed by atoms with Gasteiger partial charge in [-0.2, -0.15) is 26.3 Å². The number of aryl methyl sites for hydroxylation is 3. The van der Waals surface area contributed by atoms with Crippen molar-refractivity contribution in [1.82, 2.24) is 24.5 Å². The number of fused-ring (bicyclic) bond motifs is 1. The van der Waals surface area contributed by atoms with Gasteiger partial charge in [0.05, 0.1) is 41.5 Å². The molecule has 1 aliphatic heterocycles. The van der Waals surface area contributed by atoms with Crippen LogP contribution in [-0.2, 0) is 34.1 Å². The third kappa shape index (κ3) is 10.1. The second-order valence-electron chi connectivity index (χ2n) is 13.7. The van der Waals surface area contributed by atoms with Crippen LogP contribution in [0.5, 0.6) is 0 Å². The van der Waals surface area contributed by atoms with E-state index in [1.807, 2.05) is 24.4 Å². The molecule has 17 heteroatoms. The molecule has 2 heterocycles. The second-order valence-corrected chi connectivity index (χ2v) is 20.5. The first kappa shape index (κ1) is 39.0. The lowest BCUT2D eigenvalue weighted by Crippen LogP contribution is -2.41. The van der Waals surface area contributed by atoms with E-state index < -0.39 is 69.0 Å². The number of nitrogens with one attached hydrogen (secondary N) is 2. The zero-order valence-corrected chi connectivity index (χ0v) is 30.3. The van der Waals surface area contributed by atoms with Gasteiger partial charge in [-0.15, -0.1) is 4.72 Å². The van der Waals surface area contributed by atoms with Crippen LogP contribution in [0.25, 0.3) is 11.0 Å². The number of ether oxygens (including phenoxy) is 2. The smallest absolute Gasteiger partial charge is 0.410 e. The van der Waals surface area contributed by atoms with E-state index in [1.165, 1.54) is 0 Å². The van der Waals surface area contributed by atoms with Crippen molar-refractivity contribution in [2.45, 2.75) is 102 Å². The highest BCUT2D eigenvalue weighted by atomic mass is 32.2.